The number of aliphatic hydroxyl groups is 3. The molecule has 3 atom stereocenters. The molecule has 5 nitrogen and oxygen atoms in total. The minimum atomic E-state index is -1.13. The summed E-state index contributed by atoms with van der Waals surface area (Å²) in [4.78, 5) is 12.5. The van der Waals surface area contributed by atoms with Crippen LogP contribution in [0.15, 0.2) is 0 Å². The van der Waals surface area contributed by atoms with Crippen LogP contribution >= 0.6 is 0 Å². The third-order valence-corrected chi connectivity index (χ3v) is 13.2. The number of nitrogens with one attached hydrogen (secondary N) is 1. The molecule has 0 aliphatic heterocycles. The molecule has 59 heavy (non-hydrogen) atoms. The van der Waals surface area contributed by atoms with Gasteiger partial charge in [0.2, 0.25) is 5.91 Å². The quantitative estimate of drug-likeness (QED) is 0.0460. The van der Waals surface area contributed by atoms with Gasteiger partial charge in [-0.3, -0.25) is 4.79 Å². The Bertz CT molecular complexity index is 792. The van der Waals surface area contributed by atoms with Gasteiger partial charge >= 0.3 is 0 Å². The molecule has 1 amide bonds. The number of carbonyl (C=O) groups is 1. The maximum absolute atomic E-state index is 12.5. The molecule has 0 bridgehead atoms. The number of amides is 1. The van der Waals surface area contributed by atoms with Crippen molar-refractivity contribution < 1.29 is 20.1 Å². The lowest BCUT2D eigenvalue weighted by Gasteiger charge is -2.26. The fraction of sp³-hybridized carbons (Fsp3) is 0.981. The van der Waals surface area contributed by atoms with E-state index in [9.17, 15) is 20.1 Å². The molecule has 3 unspecified atom stereocenters. The lowest BCUT2D eigenvalue weighted by molar-refractivity contribution is -0.124. The second kappa shape index (κ2) is 50.0. The van der Waals surface area contributed by atoms with Crippen LogP contribution in [0.25, 0.3) is 0 Å². The first-order valence-corrected chi connectivity index (χ1v) is 27.3. The van der Waals surface area contributed by atoms with Gasteiger partial charge in [-0.25, -0.2) is 0 Å². The molecular weight excluding hydrogens is 727 g/mol. The molecule has 0 aromatic heterocycles. The van der Waals surface area contributed by atoms with Crippen molar-refractivity contribution in [3.63, 3.8) is 0 Å². The number of carbonyl (C=O) groups excluding carboxylic acids is 1. The Balaban J connectivity index is 3.41. The summed E-state index contributed by atoms with van der Waals surface area (Å²) in [7, 11) is 0. The van der Waals surface area contributed by atoms with E-state index in [0.29, 0.717) is 12.8 Å². The highest BCUT2D eigenvalue weighted by Crippen LogP contribution is 2.18. The molecule has 0 rings (SSSR count). The Kier molecular flexibility index (Phi) is 49.4. The molecule has 0 fully saturated rings. The van der Waals surface area contributed by atoms with Crippen molar-refractivity contribution in [3.05, 3.63) is 0 Å². The average molecular weight is 836 g/mol. The topological polar surface area (TPSA) is 89.8 Å². The molecular formula is C54H109NO4. The van der Waals surface area contributed by atoms with Crippen LogP contribution in [-0.4, -0.2) is 46.1 Å². The zero-order valence-electron chi connectivity index (χ0n) is 40.4. The molecule has 0 aromatic rings. The number of hydrogen-bond acceptors (Lipinski definition) is 4. The zero-order chi connectivity index (χ0) is 43.0. The summed E-state index contributed by atoms with van der Waals surface area (Å²) in [6.45, 7) is 4.20. The molecule has 4 N–H and O–H groups in total. The number of hydrogen-bond donors (Lipinski definition) is 4. The van der Waals surface area contributed by atoms with Crippen molar-refractivity contribution in [1.82, 2.24) is 5.32 Å². The summed E-state index contributed by atoms with van der Waals surface area (Å²) in [5.41, 5.74) is 0. The molecule has 0 radical (unpaired) electrons. The van der Waals surface area contributed by atoms with Crippen molar-refractivity contribution in [2.45, 2.75) is 334 Å². The molecule has 0 heterocycles. The average Bonchev–Trinajstić information content (AvgIpc) is 3.24. The summed E-state index contributed by atoms with van der Waals surface area (Å²) in [6, 6.07) is -0.803. The van der Waals surface area contributed by atoms with Gasteiger partial charge in [0.1, 0.15) is 6.10 Å². The molecule has 0 saturated heterocycles. The smallest absolute Gasteiger partial charge is 0.220 e. The van der Waals surface area contributed by atoms with E-state index >= 15 is 0 Å². The Morgan fingerprint density at radius 2 is 0.576 bits per heavy atom. The summed E-state index contributed by atoms with van der Waals surface area (Å²) in [5, 5.41) is 33.6. The lowest BCUT2D eigenvalue weighted by atomic mass is 9.99. The van der Waals surface area contributed by atoms with Crippen LogP contribution in [0, 0.1) is 0 Å². The van der Waals surface area contributed by atoms with Crippen molar-refractivity contribution in [1.29, 1.82) is 0 Å². The van der Waals surface area contributed by atoms with Crippen LogP contribution in [0.3, 0.4) is 0 Å². The van der Waals surface area contributed by atoms with E-state index < -0.39 is 18.2 Å². The molecule has 0 saturated carbocycles. The summed E-state index contributed by atoms with van der Waals surface area (Å²) in [6.07, 6.45) is 59.8. The highest BCUT2D eigenvalue weighted by atomic mass is 16.3. The minimum Gasteiger partial charge on any atom is -0.394 e. The van der Waals surface area contributed by atoms with Gasteiger partial charge < -0.3 is 20.6 Å². The van der Waals surface area contributed by atoms with Gasteiger partial charge in [-0.05, 0) is 12.8 Å². The standard InChI is InChI=1S/C54H109NO4/c1-3-5-7-9-11-13-15-17-18-19-20-21-22-23-24-25-26-27-28-29-30-31-32-33-34-35-36-37-39-41-43-45-47-49-53(58)55-51(50-56)54(59)52(57)48-46-44-42-40-38-16-14-12-10-8-6-4-2/h51-52,54,56-57,59H,3-50H2,1-2H3,(H,55,58). The van der Waals surface area contributed by atoms with E-state index in [1.807, 2.05) is 0 Å². The Morgan fingerprint density at radius 3 is 0.814 bits per heavy atom. The highest BCUT2D eigenvalue weighted by molar-refractivity contribution is 5.76. The second-order valence-corrected chi connectivity index (χ2v) is 19.2. The van der Waals surface area contributed by atoms with Crippen LogP contribution in [0.2, 0.25) is 0 Å². The second-order valence-electron chi connectivity index (χ2n) is 19.2. The summed E-state index contributed by atoms with van der Waals surface area (Å²) in [5.74, 6) is -0.138. The number of aliphatic hydroxyl groups excluding tert-OH is 3. The molecule has 5 heteroatoms. The van der Waals surface area contributed by atoms with Crippen LogP contribution in [0.5, 0.6) is 0 Å². The lowest BCUT2D eigenvalue weighted by Crippen LogP contribution is -2.50. The SMILES string of the molecule is CCCCCCCCCCCCCCCCCCCCCCCCCCCCCCCCCCCC(=O)NC(CO)C(O)C(O)CCCCCCCCCCCCCC. The van der Waals surface area contributed by atoms with Crippen molar-refractivity contribution in [3.8, 4) is 0 Å². The van der Waals surface area contributed by atoms with E-state index in [0.717, 1.165) is 32.1 Å². The first kappa shape index (κ1) is 58.4. The number of unbranched alkanes of at least 4 members (excludes halogenated alkanes) is 43. The molecule has 354 valence electrons. The fourth-order valence-electron chi connectivity index (χ4n) is 8.99. The van der Waals surface area contributed by atoms with E-state index in [1.54, 1.807) is 0 Å². The van der Waals surface area contributed by atoms with Gasteiger partial charge in [-0.2, -0.15) is 0 Å². The monoisotopic (exact) mass is 836 g/mol. The molecule has 0 aliphatic carbocycles. The van der Waals surface area contributed by atoms with Gasteiger partial charge in [0.25, 0.3) is 0 Å². The van der Waals surface area contributed by atoms with Crippen LogP contribution < -0.4 is 5.32 Å². The minimum absolute atomic E-state index is 0.138. The maximum Gasteiger partial charge on any atom is 0.220 e. The van der Waals surface area contributed by atoms with E-state index in [4.69, 9.17) is 0 Å². The molecule has 0 aliphatic rings. The maximum atomic E-state index is 12.5. The van der Waals surface area contributed by atoms with E-state index in [2.05, 4.69) is 19.2 Å². The highest BCUT2D eigenvalue weighted by Gasteiger charge is 2.26. The van der Waals surface area contributed by atoms with Crippen molar-refractivity contribution in [2.24, 2.45) is 0 Å². The Hall–Kier alpha value is -0.650. The largest absolute Gasteiger partial charge is 0.394 e. The van der Waals surface area contributed by atoms with Gasteiger partial charge in [-0.1, -0.05) is 296 Å². The zero-order valence-corrected chi connectivity index (χ0v) is 40.4. The Labute approximate surface area is 370 Å². The van der Waals surface area contributed by atoms with E-state index in [1.165, 1.54) is 257 Å². The van der Waals surface area contributed by atoms with Gasteiger partial charge in [0.05, 0.1) is 18.8 Å². The molecule has 0 aromatic carbocycles. The predicted molar refractivity (Wildman–Crippen MR) is 259 cm³/mol. The first-order chi connectivity index (χ1) is 29.1. The number of rotatable bonds is 51. The van der Waals surface area contributed by atoms with Crippen molar-refractivity contribution in [2.75, 3.05) is 6.61 Å². The molecule has 0 spiro atoms. The van der Waals surface area contributed by atoms with E-state index in [-0.39, 0.29) is 12.5 Å². The van der Waals surface area contributed by atoms with Gasteiger partial charge in [-0.15, -0.1) is 0 Å². The fourth-order valence-corrected chi connectivity index (χ4v) is 8.99. The third kappa shape index (κ3) is 45.2. The van der Waals surface area contributed by atoms with Crippen LogP contribution in [0.1, 0.15) is 316 Å². The van der Waals surface area contributed by atoms with Crippen LogP contribution in [0.4, 0.5) is 0 Å². The van der Waals surface area contributed by atoms with Gasteiger partial charge in [0.15, 0.2) is 0 Å². The van der Waals surface area contributed by atoms with Gasteiger partial charge in [0, 0.05) is 6.42 Å². The van der Waals surface area contributed by atoms with Crippen molar-refractivity contribution >= 4 is 5.91 Å². The van der Waals surface area contributed by atoms with Crippen LogP contribution in [-0.2, 0) is 4.79 Å². The predicted octanol–water partition coefficient (Wildman–Crippen LogP) is 16.6. The third-order valence-electron chi connectivity index (χ3n) is 13.2. The summed E-state index contributed by atoms with van der Waals surface area (Å²) >= 11 is 0. The summed E-state index contributed by atoms with van der Waals surface area (Å²) < 4.78 is 0. The normalized spacial score (nSPS) is 13.2. The Morgan fingerprint density at radius 1 is 0.356 bits per heavy atom. The first-order valence-electron chi connectivity index (χ1n) is 27.3.